The minimum atomic E-state index is -0.551. The van der Waals surface area contributed by atoms with Crippen LogP contribution in [0.2, 0.25) is 0 Å². The molecule has 0 saturated heterocycles. The second-order valence-electron chi connectivity index (χ2n) is 5.43. The number of unbranched alkanes of at least 4 members (excludes halogenated alkanes) is 1. The molecule has 0 spiro atoms. The molecule has 0 radical (unpaired) electrons. The predicted molar refractivity (Wildman–Crippen MR) is 72.1 cm³/mol. The Kier molecular flexibility index (Phi) is 5.17. The highest BCUT2D eigenvalue weighted by molar-refractivity contribution is 5.20. The van der Waals surface area contributed by atoms with Gasteiger partial charge in [0.15, 0.2) is 0 Å². The molecule has 0 aliphatic rings. The largest absolute Gasteiger partial charge is 0.347 e. The van der Waals surface area contributed by atoms with E-state index in [-0.39, 0.29) is 11.2 Å². The number of rotatable bonds is 6. The average Bonchev–Trinajstić information content (AvgIpc) is 2.29. The van der Waals surface area contributed by atoms with Gasteiger partial charge in [0.1, 0.15) is 6.20 Å². The Morgan fingerprint density at radius 2 is 2.11 bits per heavy atom. The third-order valence-electron chi connectivity index (χ3n) is 2.53. The lowest BCUT2D eigenvalue weighted by Gasteiger charge is -2.20. The molecule has 7 nitrogen and oxygen atoms in total. The van der Waals surface area contributed by atoms with Crippen molar-refractivity contribution in [3.05, 3.63) is 33.0 Å². The molecule has 1 heterocycles. The van der Waals surface area contributed by atoms with Crippen molar-refractivity contribution in [3.63, 3.8) is 0 Å². The Labute approximate surface area is 111 Å². The van der Waals surface area contributed by atoms with E-state index in [2.05, 4.69) is 31.1 Å². The summed E-state index contributed by atoms with van der Waals surface area (Å²) in [5.41, 5.74) is -0.536. The van der Waals surface area contributed by atoms with Gasteiger partial charge in [-0.05, 0) is 40.2 Å². The Morgan fingerprint density at radius 3 is 2.68 bits per heavy atom. The first kappa shape index (κ1) is 15.3. The van der Waals surface area contributed by atoms with Crippen molar-refractivity contribution in [1.82, 2.24) is 14.9 Å². The second-order valence-corrected chi connectivity index (χ2v) is 5.43. The van der Waals surface area contributed by atoms with Crippen molar-refractivity contribution in [2.45, 2.75) is 45.7 Å². The molecular formula is C12H20N4O3. The standard InChI is InChI=1S/C12H20N4O3/c1-12(2,3)14-6-4-5-7-15-9-10(16(18)19)8-13-11(15)17/h8-9,14H,4-7H2,1-3H3. The van der Waals surface area contributed by atoms with E-state index in [1.54, 1.807) is 0 Å². The number of aromatic nitrogens is 2. The Balaban J connectivity index is 2.47. The van der Waals surface area contributed by atoms with Crippen LogP contribution in [0, 0.1) is 10.1 Å². The molecule has 0 amide bonds. The quantitative estimate of drug-likeness (QED) is 0.477. The van der Waals surface area contributed by atoms with Crippen LogP contribution in [0.25, 0.3) is 0 Å². The summed E-state index contributed by atoms with van der Waals surface area (Å²) in [7, 11) is 0. The molecule has 19 heavy (non-hydrogen) atoms. The number of nitro groups is 1. The molecule has 0 unspecified atom stereocenters. The summed E-state index contributed by atoms with van der Waals surface area (Å²) in [4.78, 5) is 25.0. The highest BCUT2D eigenvalue weighted by atomic mass is 16.6. The van der Waals surface area contributed by atoms with Gasteiger partial charge in [0.25, 0.3) is 0 Å². The molecule has 1 rings (SSSR count). The molecule has 7 heteroatoms. The lowest BCUT2D eigenvalue weighted by atomic mass is 10.1. The zero-order chi connectivity index (χ0) is 14.5. The van der Waals surface area contributed by atoms with Gasteiger partial charge in [-0.3, -0.25) is 14.7 Å². The minimum Gasteiger partial charge on any atom is -0.312 e. The fraction of sp³-hybridized carbons (Fsp3) is 0.667. The Morgan fingerprint density at radius 1 is 1.42 bits per heavy atom. The average molecular weight is 268 g/mol. The van der Waals surface area contributed by atoms with Gasteiger partial charge in [0.2, 0.25) is 0 Å². The highest BCUT2D eigenvalue weighted by Crippen LogP contribution is 2.05. The van der Waals surface area contributed by atoms with Crippen LogP contribution in [0.5, 0.6) is 0 Å². The van der Waals surface area contributed by atoms with Gasteiger partial charge >= 0.3 is 11.4 Å². The zero-order valence-electron chi connectivity index (χ0n) is 11.5. The molecule has 0 atom stereocenters. The van der Waals surface area contributed by atoms with Crippen molar-refractivity contribution < 1.29 is 4.92 Å². The summed E-state index contributed by atoms with van der Waals surface area (Å²) in [6.45, 7) is 7.55. The first-order valence-electron chi connectivity index (χ1n) is 6.25. The van der Waals surface area contributed by atoms with Gasteiger partial charge in [-0.2, -0.15) is 4.98 Å². The van der Waals surface area contributed by atoms with Gasteiger partial charge in [-0.25, -0.2) is 4.79 Å². The first-order valence-corrected chi connectivity index (χ1v) is 6.25. The zero-order valence-corrected chi connectivity index (χ0v) is 11.5. The summed E-state index contributed by atoms with van der Waals surface area (Å²) < 4.78 is 1.29. The fourth-order valence-corrected chi connectivity index (χ4v) is 1.57. The summed E-state index contributed by atoms with van der Waals surface area (Å²) >= 11 is 0. The fourth-order valence-electron chi connectivity index (χ4n) is 1.57. The molecule has 0 aliphatic carbocycles. The van der Waals surface area contributed by atoms with Crippen LogP contribution in [-0.2, 0) is 6.54 Å². The minimum absolute atomic E-state index is 0.0733. The van der Waals surface area contributed by atoms with Crippen LogP contribution < -0.4 is 11.0 Å². The van der Waals surface area contributed by atoms with E-state index in [4.69, 9.17) is 0 Å². The molecule has 0 saturated carbocycles. The van der Waals surface area contributed by atoms with Crippen LogP contribution in [-0.4, -0.2) is 26.6 Å². The van der Waals surface area contributed by atoms with Crippen molar-refractivity contribution >= 4 is 5.69 Å². The molecule has 1 N–H and O–H groups in total. The number of hydrogen-bond donors (Lipinski definition) is 1. The molecule has 0 bridgehead atoms. The molecule has 0 fully saturated rings. The summed E-state index contributed by atoms with van der Waals surface area (Å²) in [5, 5.41) is 13.9. The van der Waals surface area contributed by atoms with Gasteiger partial charge < -0.3 is 5.32 Å². The molecule has 0 aliphatic heterocycles. The first-order chi connectivity index (χ1) is 8.79. The van der Waals surface area contributed by atoms with E-state index in [1.165, 1.54) is 10.8 Å². The maximum Gasteiger partial charge on any atom is 0.347 e. The van der Waals surface area contributed by atoms with Crippen LogP contribution in [0.1, 0.15) is 33.6 Å². The second kappa shape index (κ2) is 6.42. The molecular weight excluding hydrogens is 248 g/mol. The van der Waals surface area contributed by atoms with Gasteiger partial charge in [0, 0.05) is 12.1 Å². The van der Waals surface area contributed by atoms with E-state index in [0.29, 0.717) is 6.54 Å². The van der Waals surface area contributed by atoms with E-state index in [1.807, 2.05) is 0 Å². The third kappa shape index (κ3) is 5.60. The van der Waals surface area contributed by atoms with Gasteiger partial charge in [0.05, 0.1) is 11.1 Å². The highest BCUT2D eigenvalue weighted by Gasteiger charge is 2.09. The normalized spacial score (nSPS) is 11.5. The number of nitrogens with zero attached hydrogens (tertiary/aromatic N) is 3. The van der Waals surface area contributed by atoms with Crippen LogP contribution in [0.15, 0.2) is 17.2 Å². The molecule has 1 aromatic heterocycles. The monoisotopic (exact) mass is 268 g/mol. The van der Waals surface area contributed by atoms with Gasteiger partial charge in [-0.1, -0.05) is 0 Å². The summed E-state index contributed by atoms with van der Waals surface area (Å²) in [5.74, 6) is 0. The topological polar surface area (TPSA) is 90.1 Å². The third-order valence-corrected chi connectivity index (χ3v) is 2.53. The smallest absolute Gasteiger partial charge is 0.312 e. The number of aryl methyl sites for hydroxylation is 1. The van der Waals surface area contributed by atoms with Gasteiger partial charge in [-0.15, -0.1) is 0 Å². The lowest BCUT2D eigenvalue weighted by Crippen LogP contribution is -2.36. The van der Waals surface area contributed by atoms with Crippen molar-refractivity contribution in [3.8, 4) is 0 Å². The van der Waals surface area contributed by atoms with E-state index < -0.39 is 10.6 Å². The van der Waals surface area contributed by atoms with Crippen LogP contribution in [0.4, 0.5) is 5.69 Å². The maximum atomic E-state index is 11.4. The van der Waals surface area contributed by atoms with Crippen LogP contribution in [0.3, 0.4) is 0 Å². The number of hydrogen-bond acceptors (Lipinski definition) is 5. The lowest BCUT2D eigenvalue weighted by molar-refractivity contribution is -0.385. The van der Waals surface area contributed by atoms with Crippen molar-refractivity contribution in [1.29, 1.82) is 0 Å². The van der Waals surface area contributed by atoms with E-state index >= 15 is 0 Å². The summed E-state index contributed by atoms with van der Waals surface area (Å²) in [6.07, 6.45) is 3.89. The Hall–Kier alpha value is -1.76. The number of nitrogens with one attached hydrogen (secondary N) is 1. The molecule has 0 aromatic carbocycles. The van der Waals surface area contributed by atoms with Crippen molar-refractivity contribution in [2.24, 2.45) is 0 Å². The molecule has 1 aromatic rings. The maximum absolute atomic E-state index is 11.4. The SMILES string of the molecule is CC(C)(C)NCCCCn1cc([N+](=O)[O-])cnc1=O. The van der Waals surface area contributed by atoms with E-state index in [0.717, 1.165) is 25.6 Å². The van der Waals surface area contributed by atoms with E-state index in [9.17, 15) is 14.9 Å². The predicted octanol–water partition coefficient (Wildman–Crippen LogP) is 1.32. The van der Waals surface area contributed by atoms with Crippen LogP contribution >= 0.6 is 0 Å². The molecule has 106 valence electrons. The van der Waals surface area contributed by atoms with Crippen molar-refractivity contribution in [2.75, 3.05) is 6.54 Å². The summed E-state index contributed by atoms with van der Waals surface area (Å²) in [6, 6.07) is 0. The Bertz CT molecular complexity index is 490.